The van der Waals surface area contributed by atoms with Crippen molar-refractivity contribution in [3.63, 3.8) is 0 Å². The molecule has 0 bridgehead atoms. The molecule has 0 aromatic rings. The minimum atomic E-state index is -0.805. The van der Waals surface area contributed by atoms with Gasteiger partial charge in [-0.2, -0.15) is 0 Å². The molecule has 73 heavy (non-hydrogen) atoms. The average Bonchev–Trinajstić information content (AvgIpc) is 3.39. The van der Waals surface area contributed by atoms with Crippen LogP contribution in [-0.4, -0.2) is 37.2 Å². The zero-order valence-electron chi connectivity index (χ0n) is 47.4. The van der Waals surface area contributed by atoms with Crippen molar-refractivity contribution < 1.29 is 28.6 Å². The largest absolute Gasteiger partial charge is 0.462 e. The quantitative estimate of drug-likeness (QED) is 0.0199. The summed E-state index contributed by atoms with van der Waals surface area (Å²) in [7, 11) is 0. The van der Waals surface area contributed by atoms with E-state index in [1.165, 1.54) is 154 Å². The number of hydrogen-bond donors (Lipinski definition) is 0. The molecule has 0 saturated carbocycles. The molecular weight excluding hydrogens is 901 g/mol. The third-order valence-corrected chi connectivity index (χ3v) is 12.6. The van der Waals surface area contributed by atoms with Gasteiger partial charge in [0.1, 0.15) is 13.2 Å². The molecule has 0 aliphatic rings. The Morgan fingerprint density at radius 1 is 0.288 bits per heavy atom. The molecule has 0 amide bonds. The van der Waals surface area contributed by atoms with Crippen LogP contribution in [0.4, 0.5) is 0 Å². The van der Waals surface area contributed by atoms with Crippen molar-refractivity contribution in [2.45, 2.75) is 271 Å². The molecule has 6 nitrogen and oxygen atoms in total. The van der Waals surface area contributed by atoms with E-state index < -0.39 is 6.10 Å². The summed E-state index contributed by atoms with van der Waals surface area (Å²) < 4.78 is 16.9. The summed E-state index contributed by atoms with van der Waals surface area (Å²) in [6.07, 6.45) is 83.2. The zero-order chi connectivity index (χ0) is 52.9. The van der Waals surface area contributed by atoms with E-state index in [-0.39, 0.29) is 31.1 Å². The predicted molar refractivity (Wildman–Crippen MR) is 316 cm³/mol. The lowest BCUT2D eigenvalue weighted by Crippen LogP contribution is -2.30. The summed E-state index contributed by atoms with van der Waals surface area (Å²) in [4.78, 5) is 38.3. The minimum absolute atomic E-state index is 0.0989. The van der Waals surface area contributed by atoms with E-state index in [0.29, 0.717) is 19.3 Å². The highest BCUT2D eigenvalue weighted by atomic mass is 16.6. The van der Waals surface area contributed by atoms with Crippen LogP contribution in [0.1, 0.15) is 265 Å². The first-order valence-electron chi connectivity index (χ1n) is 30.2. The lowest BCUT2D eigenvalue weighted by molar-refractivity contribution is -0.167. The zero-order valence-corrected chi connectivity index (χ0v) is 47.4. The van der Waals surface area contributed by atoms with Crippen molar-refractivity contribution >= 4 is 17.9 Å². The number of rotatable bonds is 53. The highest BCUT2D eigenvalue weighted by Crippen LogP contribution is 2.15. The predicted octanol–water partition coefficient (Wildman–Crippen LogP) is 20.4. The first-order chi connectivity index (χ1) is 36.0. The van der Waals surface area contributed by atoms with Crippen LogP contribution in [0, 0.1) is 0 Å². The summed E-state index contributed by atoms with van der Waals surface area (Å²) in [5.41, 5.74) is 0. The molecule has 414 valence electrons. The lowest BCUT2D eigenvalue weighted by Gasteiger charge is -2.18. The van der Waals surface area contributed by atoms with Crippen LogP contribution in [0.15, 0.2) is 122 Å². The Morgan fingerprint density at radius 3 is 0.932 bits per heavy atom. The Hall–Kier alpha value is -4.19. The molecular formula is C67H110O6. The Labute approximate surface area is 450 Å². The first-order valence-corrected chi connectivity index (χ1v) is 30.2. The Kier molecular flexibility index (Phi) is 56.9. The van der Waals surface area contributed by atoms with Crippen molar-refractivity contribution in [3.8, 4) is 0 Å². The summed E-state index contributed by atoms with van der Waals surface area (Å²) in [6, 6.07) is 0. The van der Waals surface area contributed by atoms with Gasteiger partial charge in [-0.1, -0.05) is 277 Å². The van der Waals surface area contributed by atoms with Crippen LogP contribution >= 0.6 is 0 Å². The maximum absolute atomic E-state index is 12.9. The Bertz CT molecular complexity index is 1540. The molecule has 0 aromatic heterocycles. The van der Waals surface area contributed by atoms with E-state index in [9.17, 15) is 14.4 Å². The number of carbonyl (C=O) groups excluding carboxylic acids is 3. The molecule has 1 atom stereocenters. The number of unbranched alkanes of at least 4 members (excludes halogenated alkanes) is 29. The molecule has 0 fully saturated rings. The second-order valence-corrected chi connectivity index (χ2v) is 19.7. The standard InChI is InChI=1S/C67H110O6/c1-4-7-10-13-16-19-22-25-28-31-33-36-39-42-45-48-51-54-57-60-66(69)72-63-64(62-71-65(68)59-56-53-50-47-44-41-38-35-30-27-24-21-18-15-12-9-6-3)73-67(70)61-58-55-52-49-46-43-40-37-34-32-29-26-23-20-17-14-11-8-5-2/h7,10,13,16-17,19-20,22-23,25-28,30-31,33,36,39,42,45,64H,4-6,8-9,11-12,14-15,18,21,24,29,32,34-35,37-38,40-41,43-44,46-63H2,1-3H3/b10-7-,16-13-,20-17-,22-19-,26-23-,28-25-,30-27-,33-31+,39-36-,45-42-. The maximum atomic E-state index is 12.9. The van der Waals surface area contributed by atoms with Crippen LogP contribution in [0.25, 0.3) is 0 Å². The van der Waals surface area contributed by atoms with E-state index in [0.717, 1.165) is 70.6 Å². The molecule has 0 aliphatic heterocycles. The van der Waals surface area contributed by atoms with E-state index in [2.05, 4.69) is 69.4 Å². The highest BCUT2D eigenvalue weighted by molar-refractivity contribution is 5.71. The first kappa shape index (κ1) is 68.8. The summed E-state index contributed by atoms with van der Waals surface area (Å²) in [6.45, 7) is 6.43. The van der Waals surface area contributed by atoms with Gasteiger partial charge in [0.2, 0.25) is 0 Å². The van der Waals surface area contributed by atoms with E-state index >= 15 is 0 Å². The van der Waals surface area contributed by atoms with Gasteiger partial charge >= 0.3 is 17.9 Å². The summed E-state index contributed by atoms with van der Waals surface area (Å²) >= 11 is 0. The molecule has 0 N–H and O–H groups in total. The molecule has 0 aromatic carbocycles. The van der Waals surface area contributed by atoms with Crippen molar-refractivity contribution in [3.05, 3.63) is 122 Å². The van der Waals surface area contributed by atoms with E-state index in [1.807, 2.05) is 72.9 Å². The molecule has 0 aliphatic carbocycles. The molecule has 0 heterocycles. The van der Waals surface area contributed by atoms with Gasteiger partial charge in [-0.3, -0.25) is 14.4 Å². The summed E-state index contributed by atoms with van der Waals surface area (Å²) in [5.74, 6) is -0.950. The Balaban J connectivity index is 4.51. The fraction of sp³-hybridized carbons (Fsp3) is 0.657. The van der Waals surface area contributed by atoms with Crippen LogP contribution in [0.3, 0.4) is 0 Å². The van der Waals surface area contributed by atoms with E-state index in [1.54, 1.807) is 0 Å². The van der Waals surface area contributed by atoms with Crippen LogP contribution in [0.2, 0.25) is 0 Å². The molecule has 0 rings (SSSR count). The van der Waals surface area contributed by atoms with Crippen LogP contribution in [0.5, 0.6) is 0 Å². The van der Waals surface area contributed by atoms with Crippen molar-refractivity contribution in [1.82, 2.24) is 0 Å². The van der Waals surface area contributed by atoms with Gasteiger partial charge in [0.05, 0.1) is 0 Å². The fourth-order valence-corrected chi connectivity index (χ4v) is 8.12. The van der Waals surface area contributed by atoms with Crippen LogP contribution < -0.4 is 0 Å². The Morgan fingerprint density at radius 2 is 0.548 bits per heavy atom. The third-order valence-electron chi connectivity index (χ3n) is 12.6. The van der Waals surface area contributed by atoms with Gasteiger partial charge in [-0.05, 0) is 89.9 Å². The van der Waals surface area contributed by atoms with Crippen molar-refractivity contribution in [2.75, 3.05) is 13.2 Å². The molecule has 1 unspecified atom stereocenters. The topological polar surface area (TPSA) is 78.9 Å². The van der Waals surface area contributed by atoms with Gasteiger partial charge in [0, 0.05) is 19.3 Å². The number of carbonyl (C=O) groups is 3. The average molecular weight is 1010 g/mol. The SMILES string of the molecule is CC\C=C/C=C\C=C/C=C\C=C\C=C/C=C\CCCCCC(=O)OCC(COC(=O)CCCCCCCCC/C=C\CCCCCCCC)OC(=O)CCCCCCCCCCCC/C=C\C=C/CCCCC. The number of allylic oxidation sites excluding steroid dienone is 20. The maximum Gasteiger partial charge on any atom is 0.306 e. The summed E-state index contributed by atoms with van der Waals surface area (Å²) in [5, 5.41) is 0. The molecule has 6 heteroatoms. The third kappa shape index (κ3) is 58.6. The van der Waals surface area contributed by atoms with Gasteiger partial charge in [-0.25, -0.2) is 0 Å². The molecule has 0 spiro atoms. The molecule has 0 radical (unpaired) electrons. The number of esters is 3. The van der Waals surface area contributed by atoms with E-state index in [4.69, 9.17) is 14.2 Å². The van der Waals surface area contributed by atoms with Gasteiger partial charge < -0.3 is 14.2 Å². The second-order valence-electron chi connectivity index (χ2n) is 19.7. The van der Waals surface area contributed by atoms with Gasteiger partial charge in [0.15, 0.2) is 6.10 Å². The minimum Gasteiger partial charge on any atom is -0.462 e. The van der Waals surface area contributed by atoms with Crippen LogP contribution in [-0.2, 0) is 28.6 Å². The number of ether oxygens (including phenoxy) is 3. The number of hydrogen-bond acceptors (Lipinski definition) is 6. The fourth-order valence-electron chi connectivity index (χ4n) is 8.12. The second kappa shape index (κ2) is 60.4. The lowest BCUT2D eigenvalue weighted by atomic mass is 10.1. The monoisotopic (exact) mass is 1010 g/mol. The normalized spacial score (nSPS) is 13.0. The van der Waals surface area contributed by atoms with Gasteiger partial charge in [-0.15, -0.1) is 0 Å². The van der Waals surface area contributed by atoms with Crippen molar-refractivity contribution in [2.24, 2.45) is 0 Å². The smallest absolute Gasteiger partial charge is 0.306 e. The van der Waals surface area contributed by atoms with Gasteiger partial charge in [0.25, 0.3) is 0 Å². The highest BCUT2D eigenvalue weighted by Gasteiger charge is 2.19. The molecule has 0 saturated heterocycles. The van der Waals surface area contributed by atoms with Crippen molar-refractivity contribution in [1.29, 1.82) is 0 Å².